The van der Waals surface area contributed by atoms with E-state index in [9.17, 15) is 14.4 Å². The first-order chi connectivity index (χ1) is 14.6. The first-order valence-corrected chi connectivity index (χ1v) is 13.7. The highest BCUT2D eigenvalue weighted by molar-refractivity contribution is 6.69. The molecule has 8 nitrogen and oxygen atoms in total. The zero-order chi connectivity index (χ0) is 22.5. The number of aromatic amines is 1. The summed E-state index contributed by atoms with van der Waals surface area (Å²) in [5.74, 6) is -1.56. The average molecular weight is 443 g/mol. The predicted molar refractivity (Wildman–Crippen MR) is 118 cm³/mol. The van der Waals surface area contributed by atoms with Gasteiger partial charge in [-0.2, -0.15) is 0 Å². The van der Waals surface area contributed by atoms with Crippen molar-refractivity contribution in [2.75, 3.05) is 6.61 Å². The molecule has 0 saturated carbocycles. The van der Waals surface area contributed by atoms with Crippen molar-refractivity contribution in [2.45, 2.75) is 45.1 Å². The number of benzene rings is 1. The Balaban J connectivity index is 1.71. The predicted octanol–water partition coefficient (Wildman–Crippen LogP) is 3.03. The van der Waals surface area contributed by atoms with Gasteiger partial charge in [-0.3, -0.25) is 9.78 Å². The van der Waals surface area contributed by atoms with Crippen LogP contribution in [0.5, 0.6) is 0 Å². The Bertz CT molecular complexity index is 1150. The highest BCUT2D eigenvalue weighted by Crippen LogP contribution is 2.48. The third kappa shape index (κ3) is 3.79. The van der Waals surface area contributed by atoms with Crippen molar-refractivity contribution in [3.05, 3.63) is 52.7 Å². The molecule has 1 amide bonds. The van der Waals surface area contributed by atoms with Gasteiger partial charge in [0, 0.05) is 0 Å². The minimum absolute atomic E-state index is 0.0506. The Morgan fingerprint density at radius 2 is 2.13 bits per heavy atom. The average Bonchev–Trinajstić information content (AvgIpc) is 3.21. The van der Waals surface area contributed by atoms with Gasteiger partial charge in [-0.05, 0) is 56.3 Å². The molecule has 2 aromatic rings. The van der Waals surface area contributed by atoms with Crippen molar-refractivity contribution in [1.82, 2.24) is 9.88 Å². The Labute approximate surface area is 180 Å². The summed E-state index contributed by atoms with van der Waals surface area (Å²) in [5, 5.41) is 0. The normalized spacial score (nSPS) is 21.8. The monoisotopic (exact) mass is 442 g/mol. The number of oxazole rings is 1. The van der Waals surface area contributed by atoms with Gasteiger partial charge in [0.15, 0.2) is 13.9 Å². The van der Waals surface area contributed by atoms with E-state index < -0.39 is 20.0 Å². The molecule has 4 rings (SSSR count). The van der Waals surface area contributed by atoms with Crippen LogP contribution in [0.1, 0.15) is 18.9 Å². The first-order valence-electron chi connectivity index (χ1n) is 10.3. The fourth-order valence-electron chi connectivity index (χ4n) is 4.48. The third-order valence-electron chi connectivity index (χ3n) is 5.55. The summed E-state index contributed by atoms with van der Waals surface area (Å²) in [6, 6.07) is 5.04. The van der Waals surface area contributed by atoms with Gasteiger partial charge in [-0.1, -0.05) is 18.7 Å². The fourth-order valence-corrected chi connectivity index (χ4v) is 5.74. The Morgan fingerprint density at radius 3 is 2.81 bits per heavy atom. The molecule has 1 aromatic carbocycles. The van der Waals surface area contributed by atoms with Gasteiger partial charge in [-0.15, -0.1) is 0 Å². The van der Waals surface area contributed by atoms with E-state index in [1.165, 1.54) is 11.0 Å². The molecule has 2 aliphatic rings. The number of nitrogens with zero attached hydrogens (tertiary/aromatic N) is 1. The van der Waals surface area contributed by atoms with Crippen LogP contribution in [0.4, 0.5) is 0 Å². The zero-order valence-corrected chi connectivity index (χ0v) is 19.1. The van der Waals surface area contributed by atoms with Crippen LogP contribution < -0.4 is 5.76 Å². The number of fused-ring (bicyclic) bond motifs is 2. The number of carbonyl (C=O) groups is 2. The Kier molecular flexibility index (Phi) is 5.26. The second-order valence-corrected chi connectivity index (χ2v) is 13.3. The molecule has 1 N–H and O–H groups in total. The van der Waals surface area contributed by atoms with Gasteiger partial charge >= 0.3 is 11.7 Å². The van der Waals surface area contributed by atoms with Crippen LogP contribution >= 0.6 is 0 Å². The summed E-state index contributed by atoms with van der Waals surface area (Å²) in [6.45, 7) is 11.8. The van der Waals surface area contributed by atoms with E-state index in [1.54, 1.807) is 18.2 Å². The van der Waals surface area contributed by atoms with Crippen LogP contribution in [-0.2, 0) is 18.8 Å². The van der Waals surface area contributed by atoms with Gasteiger partial charge in [0.2, 0.25) is 5.91 Å². The molecule has 1 fully saturated rings. The summed E-state index contributed by atoms with van der Waals surface area (Å²) in [5.41, 5.74) is 2.64. The molecule has 2 aliphatic heterocycles. The number of β-lactam (4-membered cyclic amide) rings is 1. The van der Waals surface area contributed by atoms with E-state index in [-0.39, 0.29) is 36.3 Å². The topological polar surface area (TPSA) is 102 Å². The van der Waals surface area contributed by atoms with Crippen molar-refractivity contribution in [3.8, 4) is 0 Å². The number of nitrogens with one attached hydrogen (secondary N) is 1. The fraction of sp³-hybridized carbons (Fsp3) is 0.409. The number of carbonyl (C=O) groups excluding carboxylic acids is 2. The van der Waals surface area contributed by atoms with Crippen LogP contribution in [0, 0.1) is 5.92 Å². The standard InChI is InChI=1S/C22H26N2O6Si/c1-6-9-28-21(26)19-14(13-7-8-17-15(10-13)23-22(27)29-17)11-16-18(20(25)24(16)19)12(2)30-31(3,4)5/h6-8,10,12,16,18H,1,9,11H2,2-5H3,(H,23,27)/t12-,16-,18-/m1/s1. The summed E-state index contributed by atoms with van der Waals surface area (Å²) in [4.78, 5) is 41.7. The van der Waals surface area contributed by atoms with Gasteiger partial charge in [0.05, 0.1) is 23.6 Å². The lowest BCUT2D eigenvalue weighted by atomic mass is 9.82. The van der Waals surface area contributed by atoms with Crippen molar-refractivity contribution in [2.24, 2.45) is 5.92 Å². The second kappa shape index (κ2) is 7.65. The van der Waals surface area contributed by atoms with Gasteiger partial charge in [0.1, 0.15) is 12.3 Å². The van der Waals surface area contributed by atoms with E-state index in [4.69, 9.17) is 13.6 Å². The molecule has 0 spiro atoms. The number of H-pyrrole nitrogens is 1. The number of hydrogen-bond acceptors (Lipinski definition) is 6. The summed E-state index contributed by atoms with van der Waals surface area (Å²) >= 11 is 0. The number of ether oxygens (including phenoxy) is 1. The van der Waals surface area contributed by atoms with Crippen molar-refractivity contribution in [1.29, 1.82) is 0 Å². The second-order valence-electron chi connectivity index (χ2n) is 8.88. The molecule has 3 heterocycles. The minimum Gasteiger partial charge on any atom is -0.457 e. The molecule has 1 aromatic heterocycles. The van der Waals surface area contributed by atoms with Crippen LogP contribution in [0.2, 0.25) is 19.6 Å². The number of aromatic nitrogens is 1. The van der Waals surface area contributed by atoms with Crippen molar-refractivity contribution < 1.29 is 23.2 Å². The molecule has 9 heteroatoms. The summed E-state index contributed by atoms with van der Waals surface area (Å²) < 4.78 is 16.5. The van der Waals surface area contributed by atoms with Crippen molar-refractivity contribution >= 4 is 36.9 Å². The van der Waals surface area contributed by atoms with E-state index in [1.807, 2.05) is 6.92 Å². The smallest absolute Gasteiger partial charge is 0.417 e. The zero-order valence-electron chi connectivity index (χ0n) is 18.1. The maximum absolute atomic E-state index is 13.1. The maximum atomic E-state index is 13.1. The Morgan fingerprint density at radius 1 is 1.39 bits per heavy atom. The molecule has 31 heavy (non-hydrogen) atoms. The molecule has 1 saturated heterocycles. The first kappa shape index (κ1) is 21.3. The van der Waals surface area contributed by atoms with Gasteiger partial charge in [0.25, 0.3) is 0 Å². The van der Waals surface area contributed by atoms with Crippen LogP contribution in [0.25, 0.3) is 16.7 Å². The molecule has 164 valence electrons. The quantitative estimate of drug-likeness (QED) is 0.306. The Hall–Kier alpha value is -2.91. The van der Waals surface area contributed by atoms with Gasteiger partial charge < -0.3 is 18.5 Å². The number of rotatable bonds is 7. The number of hydrogen-bond donors (Lipinski definition) is 1. The van der Waals surface area contributed by atoms with E-state index >= 15 is 0 Å². The molecule has 0 radical (unpaired) electrons. The summed E-state index contributed by atoms with van der Waals surface area (Å²) in [7, 11) is -1.84. The largest absolute Gasteiger partial charge is 0.457 e. The number of esters is 1. The van der Waals surface area contributed by atoms with Gasteiger partial charge in [-0.25, -0.2) is 9.59 Å². The van der Waals surface area contributed by atoms with E-state index in [2.05, 4.69) is 31.2 Å². The highest BCUT2D eigenvalue weighted by atomic mass is 28.4. The van der Waals surface area contributed by atoms with Crippen LogP contribution in [0.3, 0.4) is 0 Å². The van der Waals surface area contributed by atoms with E-state index in [0.717, 1.165) is 5.56 Å². The lowest BCUT2D eigenvalue weighted by Gasteiger charge is -2.47. The third-order valence-corrected chi connectivity index (χ3v) is 6.63. The lowest BCUT2D eigenvalue weighted by Crippen LogP contribution is -2.63. The minimum atomic E-state index is -1.84. The number of amides is 1. The highest BCUT2D eigenvalue weighted by Gasteiger charge is 2.57. The molecular weight excluding hydrogens is 416 g/mol. The molecule has 0 aliphatic carbocycles. The molecule has 0 unspecified atom stereocenters. The van der Waals surface area contributed by atoms with Crippen LogP contribution in [-0.4, -0.2) is 48.8 Å². The molecular formula is C22H26N2O6Si. The SMILES string of the molecule is C=CCOC(=O)C1=C(c2ccc3oc(=O)[nH]c3c2)C[C@@H]2[C@@H]([C@@H](C)O[Si](C)(C)C)C(=O)N12. The summed E-state index contributed by atoms with van der Waals surface area (Å²) in [6.07, 6.45) is 1.75. The molecule has 0 bridgehead atoms. The molecule has 3 atom stereocenters. The van der Waals surface area contributed by atoms with Crippen LogP contribution in [0.15, 0.2) is 45.8 Å². The van der Waals surface area contributed by atoms with Crippen molar-refractivity contribution in [3.63, 3.8) is 0 Å². The maximum Gasteiger partial charge on any atom is 0.417 e. The van der Waals surface area contributed by atoms with E-state index in [0.29, 0.717) is 23.1 Å². The lowest BCUT2D eigenvalue weighted by molar-refractivity contribution is -0.161.